The zero-order valence-corrected chi connectivity index (χ0v) is 32.6. The summed E-state index contributed by atoms with van der Waals surface area (Å²) in [6.07, 6.45) is -14.1. The van der Waals surface area contributed by atoms with Crippen molar-refractivity contribution in [1.29, 1.82) is 5.41 Å². The third-order valence-corrected chi connectivity index (χ3v) is 8.65. The monoisotopic (exact) mass is 844 g/mol. The second kappa shape index (κ2) is 20.8. The van der Waals surface area contributed by atoms with Gasteiger partial charge in [0.25, 0.3) is 3.79 Å². The lowest BCUT2D eigenvalue weighted by Gasteiger charge is -2.48. The predicted octanol–water partition coefficient (Wildman–Crippen LogP) is 4.63. The van der Waals surface area contributed by atoms with E-state index in [0.717, 1.165) is 27.9 Å². The number of hydrogen-bond acceptors (Lipinski definition) is 16. The first-order valence-electron chi connectivity index (χ1n) is 16.8. The predicted molar refractivity (Wildman–Crippen MR) is 194 cm³/mol. The van der Waals surface area contributed by atoms with Crippen LogP contribution >= 0.6 is 34.8 Å². The quantitative estimate of drug-likeness (QED) is 0.0376. The van der Waals surface area contributed by atoms with Crippen LogP contribution in [0.4, 0.5) is 0 Å². The SMILES string of the molecule is COC(=O)C1O[C@@H](O[C@@H]2C(COC(C)=O)O[C@H](OC(=N)C(Cl)(Cl)Cl)C(N=[N+]=[N-])C2OCc2ccccc2)C(OC(C)=O)C(OCc2ccccc2)[C@@H]1OC(C)=O. The largest absolute Gasteiger partial charge is 0.467 e. The van der Waals surface area contributed by atoms with Crippen molar-refractivity contribution >= 4 is 64.6 Å². The average molecular weight is 846 g/mol. The van der Waals surface area contributed by atoms with Crippen LogP contribution in [0.3, 0.4) is 0 Å². The fourth-order valence-corrected chi connectivity index (χ4v) is 5.92. The fraction of sp³-hybridized carbons (Fsp3) is 0.514. The number of ether oxygens (including phenoxy) is 10. The maximum absolute atomic E-state index is 13.3. The Bertz CT molecular complexity index is 1720. The van der Waals surface area contributed by atoms with Gasteiger partial charge in [-0.2, -0.15) is 0 Å². The van der Waals surface area contributed by atoms with Crippen molar-refractivity contribution in [1.82, 2.24) is 0 Å². The molecule has 10 atom stereocenters. The van der Waals surface area contributed by atoms with Crippen LogP contribution < -0.4 is 0 Å². The number of carbonyl (C=O) groups excluding carboxylic acids is 4. The Morgan fingerprint density at radius 3 is 1.82 bits per heavy atom. The summed E-state index contributed by atoms with van der Waals surface area (Å²) in [6.45, 7) is 2.48. The van der Waals surface area contributed by atoms with Gasteiger partial charge in [0.05, 0.1) is 20.3 Å². The number of halogens is 3. The van der Waals surface area contributed by atoms with E-state index in [1.807, 2.05) is 0 Å². The molecule has 304 valence electrons. The van der Waals surface area contributed by atoms with Gasteiger partial charge in [-0.1, -0.05) is 101 Å². The number of hydrogen-bond donors (Lipinski definition) is 1. The van der Waals surface area contributed by atoms with E-state index >= 15 is 0 Å². The maximum Gasteiger partial charge on any atom is 0.339 e. The molecule has 2 fully saturated rings. The average Bonchev–Trinajstić information content (AvgIpc) is 3.15. The van der Waals surface area contributed by atoms with E-state index in [-0.39, 0.29) is 13.2 Å². The Labute approximate surface area is 335 Å². The summed E-state index contributed by atoms with van der Waals surface area (Å²) in [5, 5.41) is 12.0. The van der Waals surface area contributed by atoms with Gasteiger partial charge in [0.15, 0.2) is 24.6 Å². The van der Waals surface area contributed by atoms with Crippen LogP contribution in [0.15, 0.2) is 65.8 Å². The molecule has 0 aromatic heterocycles. The van der Waals surface area contributed by atoms with Gasteiger partial charge in [-0.3, -0.25) is 19.8 Å². The second-order valence-electron chi connectivity index (χ2n) is 12.2. The van der Waals surface area contributed by atoms with Gasteiger partial charge in [-0.25, -0.2) is 4.79 Å². The highest BCUT2D eigenvalue weighted by molar-refractivity contribution is 6.76. The summed E-state index contributed by atoms with van der Waals surface area (Å²) in [4.78, 5) is 53.4. The van der Waals surface area contributed by atoms with Gasteiger partial charge < -0.3 is 47.4 Å². The minimum absolute atomic E-state index is 0.126. The Morgan fingerprint density at radius 1 is 0.768 bits per heavy atom. The summed E-state index contributed by atoms with van der Waals surface area (Å²) in [5.41, 5.74) is 11.0. The lowest BCUT2D eigenvalue weighted by Crippen LogP contribution is -2.67. The zero-order valence-electron chi connectivity index (χ0n) is 30.4. The molecule has 2 aliphatic rings. The van der Waals surface area contributed by atoms with E-state index in [1.54, 1.807) is 60.7 Å². The van der Waals surface area contributed by atoms with Gasteiger partial charge >= 0.3 is 23.9 Å². The molecule has 0 radical (unpaired) electrons. The number of azide groups is 1. The first kappa shape index (κ1) is 44.5. The first-order valence-corrected chi connectivity index (χ1v) is 18.0. The van der Waals surface area contributed by atoms with Crippen LogP contribution in [0.2, 0.25) is 0 Å². The van der Waals surface area contributed by atoms with Crippen LogP contribution in [0, 0.1) is 5.41 Å². The van der Waals surface area contributed by atoms with Gasteiger partial charge in [-0.15, -0.1) is 0 Å². The maximum atomic E-state index is 13.3. The summed E-state index contributed by atoms with van der Waals surface area (Å²) in [7, 11) is 1.07. The number of rotatable bonds is 15. The van der Waals surface area contributed by atoms with Crippen LogP contribution in [0.25, 0.3) is 10.4 Å². The van der Waals surface area contributed by atoms with E-state index < -0.39 is 102 Å². The number of benzene rings is 2. The van der Waals surface area contributed by atoms with E-state index in [4.69, 9.17) is 87.6 Å². The lowest BCUT2D eigenvalue weighted by molar-refractivity contribution is -0.346. The highest BCUT2D eigenvalue weighted by atomic mass is 35.6. The topological polar surface area (TPSA) is 233 Å². The van der Waals surface area contributed by atoms with Gasteiger partial charge in [-0.05, 0) is 16.7 Å². The van der Waals surface area contributed by atoms with Crippen molar-refractivity contribution in [3.63, 3.8) is 0 Å². The van der Waals surface area contributed by atoms with Crippen molar-refractivity contribution in [2.24, 2.45) is 5.11 Å². The normalized spacial score (nSPS) is 27.5. The number of nitrogens with zero attached hydrogens (tertiary/aromatic N) is 3. The molecule has 2 aromatic carbocycles. The second-order valence-corrected chi connectivity index (χ2v) is 14.5. The van der Waals surface area contributed by atoms with E-state index in [0.29, 0.717) is 11.1 Å². The molecule has 56 heavy (non-hydrogen) atoms. The first-order chi connectivity index (χ1) is 26.6. The van der Waals surface area contributed by atoms with Gasteiger partial charge in [0.2, 0.25) is 12.2 Å². The molecule has 0 spiro atoms. The molecule has 6 unspecified atom stereocenters. The molecule has 0 saturated carbocycles. The van der Waals surface area contributed by atoms with Crippen molar-refractivity contribution in [2.75, 3.05) is 13.7 Å². The molecule has 2 aliphatic heterocycles. The third kappa shape index (κ3) is 12.4. The zero-order chi connectivity index (χ0) is 41.0. The molecular formula is C35H39Cl3N4O14. The minimum Gasteiger partial charge on any atom is -0.467 e. The minimum atomic E-state index is -2.38. The molecule has 4 rings (SSSR count). The summed E-state index contributed by atoms with van der Waals surface area (Å²) >= 11 is 17.7. The Hall–Kier alpha value is -4.23. The molecule has 0 aliphatic carbocycles. The van der Waals surface area contributed by atoms with Crippen molar-refractivity contribution in [3.05, 3.63) is 82.2 Å². The smallest absolute Gasteiger partial charge is 0.339 e. The molecule has 0 bridgehead atoms. The van der Waals surface area contributed by atoms with Crippen LogP contribution in [0.1, 0.15) is 31.9 Å². The fourth-order valence-electron chi connectivity index (χ4n) is 5.78. The number of nitrogens with one attached hydrogen (secondary N) is 1. The number of esters is 4. The van der Waals surface area contributed by atoms with E-state index in [1.165, 1.54) is 0 Å². The molecule has 2 aromatic rings. The van der Waals surface area contributed by atoms with E-state index in [2.05, 4.69) is 10.0 Å². The number of carbonyl (C=O) groups is 4. The van der Waals surface area contributed by atoms with Crippen LogP contribution in [-0.2, 0) is 79.8 Å². The molecule has 2 heterocycles. The Balaban J connectivity index is 1.85. The standard InChI is InChI=1S/C35H39Cl3N4O14/c1-18(43)48-17-23-25(26(49-15-21-11-7-5-8-12-21)24(41-42-40)32(53-23)56-34(39)35(36,37)38)54-33-30(52-20(3)45)27(50-16-22-13-9-6-10-14-22)28(51-19(2)44)29(55-33)31(46)47-4/h5-14,23-30,32-33,39H,15-17H2,1-4H3/t23?,24?,25-,26?,27?,28+,29?,30?,32-,33-/m1/s1. The van der Waals surface area contributed by atoms with Crippen molar-refractivity contribution < 1.29 is 66.5 Å². The third-order valence-electron chi connectivity index (χ3n) is 8.14. The summed E-state index contributed by atoms with van der Waals surface area (Å²) in [5.74, 6) is -4.36. The molecule has 2 saturated heterocycles. The molecule has 21 heteroatoms. The summed E-state index contributed by atoms with van der Waals surface area (Å²) in [6, 6.07) is 16.0. The van der Waals surface area contributed by atoms with Crippen molar-refractivity contribution in [2.45, 2.75) is 99.1 Å². The highest BCUT2D eigenvalue weighted by Crippen LogP contribution is 2.37. The van der Waals surface area contributed by atoms with Gasteiger partial charge in [0, 0.05) is 25.7 Å². The Kier molecular flexibility index (Phi) is 16.5. The van der Waals surface area contributed by atoms with Crippen LogP contribution in [-0.4, -0.2) is 109 Å². The van der Waals surface area contributed by atoms with Crippen molar-refractivity contribution in [3.8, 4) is 0 Å². The van der Waals surface area contributed by atoms with Gasteiger partial charge in [0.1, 0.15) is 37.1 Å². The van der Waals surface area contributed by atoms with Crippen LogP contribution in [0.5, 0.6) is 0 Å². The highest BCUT2D eigenvalue weighted by Gasteiger charge is 2.57. The number of methoxy groups -OCH3 is 1. The summed E-state index contributed by atoms with van der Waals surface area (Å²) < 4.78 is 55.9. The molecule has 1 N–H and O–H groups in total. The molecule has 0 amide bonds. The molecular weight excluding hydrogens is 807 g/mol. The molecule has 18 nitrogen and oxygen atoms in total. The van der Waals surface area contributed by atoms with E-state index in [9.17, 15) is 24.7 Å². The Morgan fingerprint density at radius 2 is 1.32 bits per heavy atom. The number of alkyl halides is 3. The lowest BCUT2D eigenvalue weighted by atomic mass is 9.95.